The number of imidazole rings is 1. The molecule has 2 atom stereocenters. The molecule has 0 bridgehead atoms. The fraction of sp³-hybridized carbons (Fsp3) is 0.368. The van der Waals surface area contributed by atoms with Crippen molar-refractivity contribution in [3.05, 3.63) is 54.2 Å². The van der Waals surface area contributed by atoms with E-state index in [0.717, 1.165) is 47.7 Å². The van der Waals surface area contributed by atoms with Gasteiger partial charge in [0.1, 0.15) is 11.9 Å². The number of anilines is 1. The van der Waals surface area contributed by atoms with E-state index >= 15 is 0 Å². The summed E-state index contributed by atoms with van der Waals surface area (Å²) < 4.78 is 8.01. The number of aryl methyl sites for hydroxylation is 2. The van der Waals surface area contributed by atoms with E-state index in [1.807, 2.05) is 32.4 Å². The standard InChI is InChI=1S/C19H22N4O/c1-13-11-17(15-5-3-4-6-16(15)22-13)21-12-14-7-10-24-18(14)19-20-8-9-23(19)2/h3-6,8-9,11,14,18H,7,10,12H2,1-2H3,(H,21,22)/t14-,18+/m0/s1. The summed E-state index contributed by atoms with van der Waals surface area (Å²) in [6.07, 6.45) is 4.92. The van der Waals surface area contributed by atoms with Crippen molar-refractivity contribution in [1.82, 2.24) is 14.5 Å². The summed E-state index contributed by atoms with van der Waals surface area (Å²) in [5, 5.41) is 4.79. The molecule has 3 heterocycles. The molecule has 0 unspecified atom stereocenters. The minimum absolute atomic E-state index is 0.0618. The highest BCUT2D eigenvalue weighted by molar-refractivity contribution is 5.91. The van der Waals surface area contributed by atoms with Crippen LogP contribution in [0.2, 0.25) is 0 Å². The van der Waals surface area contributed by atoms with Crippen molar-refractivity contribution in [2.45, 2.75) is 19.4 Å². The maximum atomic E-state index is 5.95. The van der Waals surface area contributed by atoms with Gasteiger partial charge in [-0.15, -0.1) is 0 Å². The van der Waals surface area contributed by atoms with Crippen molar-refractivity contribution in [1.29, 1.82) is 0 Å². The van der Waals surface area contributed by atoms with Crippen LogP contribution < -0.4 is 5.32 Å². The van der Waals surface area contributed by atoms with Crippen molar-refractivity contribution in [3.63, 3.8) is 0 Å². The number of hydrogen-bond donors (Lipinski definition) is 1. The minimum Gasteiger partial charge on any atom is -0.384 e. The smallest absolute Gasteiger partial charge is 0.138 e. The largest absolute Gasteiger partial charge is 0.384 e. The molecule has 0 saturated carbocycles. The van der Waals surface area contributed by atoms with E-state index < -0.39 is 0 Å². The van der Waals surface area contributed by atoms with Crippen LogP contribution in [-0.2, 0) is 11.8 Å². The van der Waals surface area contributed by atoms with Gasteiger partial charge in [0.2, 0.25) is 0 Å². The second-order valence-electron chi connectivity index (χ2n) is 6.45. The lowest BCUT2D eigenvalue weighted by Crippen LogP contribution is -2.20. The molecule has 0 radical (unpaired) electrons. The Kier molecular flexibility index (Phi) is 3.94. The molecule has 1 N–H and O–H groups in total. The fourth-order valence-corrected chi connectivity index (χ4v) is 3.47. The quantitative estimate of drug-likeness (QED) is 0.799. The summed E-state index contributed by atoms with van der Waals surface area (Å²) in [6, 6.07) is 10.4. The first kappa shape index (κ1) is 15.1. The van der Waals surface area contributed by atoms with E-state index in [1.165, 1.54) is 0 Å². The third-order valence-corrected chi connectivity index (χ3v) is 4.73. The Morgan fingerprint density at radius 2 is 2.21 bits per heavy atom. The van der Waals surface area contributed by atoms with Gasteiger partial charge in [-0.1, -0.05) is 18.2 Å². The predicted octanol–water partition coefficient (Wildman–Crippen LogP) is 3.47. The number of fused-ring (bicyclic) bond motifs is 1. The summed E-state index contributed by atoms with van der Waals surface area (Å²) in [5.74, 6) is 1.42. The molecular formula is C19H22N4O. The van der Waals surface area contributed by atoms with Crippen LogP contribution in [0.5, 0.6) is 0 Å². The van der Waals surface area contributed by atoms with Gasteiger partial charge in [-0.05, 0) is 25.5 Å². The highest BCUT2D eigenvalue weighted by Crippen LogP contribution is 2.34. The maximum absolute atomic E-state index is 5.95. The number of pyridine rings is 1. The zero-order valence-electron chi connectivity index (χ0n) is 14.1. The topological polar surface area (TPSA) is 52.0 Å². The van der Waals surface area contributed by atoms with Crippen LogP contribution in [0.3, 0.4) is 0 Å². The van der Waals surface area contributed by atoms with E-state index in [-0.39, 0.29) is 6.10 Å². The molecule has 4 rings (SSSR count). The molecule has 1 aliphatic rings. The molecule has 5 nitrogen and oxygen atoms in total. The maximum Gasteiger partial charge on any atom is 0.138 e. The van der Waals surface area contributed by atoms with Gasteiger partial charge in [-0.3, -0.25) is 4.98 Å². The average molecular weight is 322 g/mol. The van der Waals surface area contributed by atoms with Crippen LogP contribution in [0.15, 0.2) is 42.7 Å². The summed E-state index contributed by atoms with van der Waals surface area (Å²) in [4.78, 5) is 9.07. The van der Waals surface area contributed by atoms with Crippen molar-refractivity contribution in [2.24, 2.45) is 13.0 Å². The Balaban J connectivity index is 1.56. The lowest BCUT2D eigenvalue weighted by molar-refractivity contribution is 0.0839. The van der Waals surface area contributed by atoms with Gasteiger partial charge >= 0.3 is 0 Å². The number of ether oxygens (including phenoxy) is 1. The van der Waals surface area contributed by atoms with Gasteiger partial charge in [0.25, 0.3) is 0 Å². The number of hydrogen-bond acceptors (Lipinski definition) is 4. The van der Waals surface area contributed by atoms with E-state index in [2.05, 4.69) is 44.1 Å². The van der Waals surface area contributed by atoms with Gasteiger partial charge in [0.15, 0.2) is 0 Å². The van der Waals surface area contributed by atoms with Crippen LogP contribution in [0.1, 0.15) is 24.0 Å². The second kappa shape index (κ2) is 6.24. The fourth-order valence-electron chi connectivity index (χ4n) is 3.47. The molecule has 0 spiro atoms. The SMILES string of the molecule is Cc1cc(NC[C@@H]2CCO[C@H]2c2nccn2C)c2ccccc2n1. The van der Waals surface area contributed by atoms with Gasteiger partial charge in [-0.2, -0.15) is 0 Å². The molecular weight excluding hydrogens is 300 g/mol. The Hall–Kier alpha value is -2.40. The van der Waals surface area contributed by atoms with Gasteiger partial charge in [0, 0.05) is 55.3 Å². The number of benzene rings is 1. The summed E-state index contributed by atoms with van der Waals surface area (Å²) in [6.45, 7) is 3.69. The normalized spacial score (nSPS) is 20.6. The Morgan fingerprint density at radius 1 is 1.33 bits per heavy atom. The average Bonchev–Trinajstić information content (AvgIpc) is 3.20. The minimum atomic E-state index is 0.0618. The number of rotatable bonds is 4. The number of nitrogens with zero attached hydrogens (tertiary/aromatic N) is 3. The monoisotopic (exact) mass is 322 g/mol. The molecule has 124 valence electrons. The Labute approximate surface area is 141 Å². The van der Waals surface area contributed by atoms with Crippen LogP contribution in [0, 0.1) is 12.8 Å². The van der Waals surface area contributed by atoms with Gasteiger partial charge in [0.05, 0.1) is 5.52 Å². The molecule has 24 heavy (non-hydrogen) atoms. The van der Waals surface area contributed by atoms with E-state index in [4.69, 9.17) is 4.74 Å². The summed E-state index contributed by atoms with van der Waals surface area (Å²) >= 11 is 0. The van der Waals surface area contributed by atoms with Crippen LogP contribution in [0.25, 0.3) is 10.9 Å². The number of nitrogens with one attached hydrogen (secondary N) is 1. The van der Waals surface area contributed by atoms with E-state index in [9.17, 15) is 0 Å². The molecule has 0 aliphatic carbocycles. The first-order valence-electron chi connectivity index (χ1n) is 8.41. The summed E-state index contributed by atoms with van der Waals surface area (Å²) in [7, 11) is 2.02. The third-order valence-electron chi connectivity index (χ3n) is 4.73. The van der Waals surface area contributed by atoms with Crippen molar-refractivity contribution >= 4 is 16.6 Å². The zero-order valence-corrected chi connectivity index (χ0v) is 14.1. The molecule has 0 amide bonds. The van der Waals surface area contributed by atoms with Crippen LogP contribution in [0.4, 0.5) is 5.69 Å². The first-order valence-corrected chi connectivity index (χ1v) is 8.41. The Bertz CT molecular complexity index is 857. The van der Waals surface area contributed by atoms with Crippen molar-refractivity contribution < 1.29 is 4.74 Å². The van der Waals surface area contributed by atoms with E-state index in [0.29, 0.717) is 5.92 Å². The first-order chi connectivity index (χ1) is 11.7. The number of aromatic nitrogens is 3. The lowest BCUT2D eigenvalue weighted by Gasteiger charge is -2.20. The molecule has 1 fully saturated rings. The number of para-hydroxylation sites is 1. The van der Waals surface area contributed by atoms with Crippen LogP contribution in [-0.4, -0.2) is 27.7 Å². The molecule has 2 aromatic heterocycles. The third kappa shape index (κ3) is 2.76. The lowest BCUT2D eigenvalue weighted by atomic mass is 10.0. The molecule has 5 heteroatoms. The van der Waals surface area contributed by atoms with Crippen LogP contribution >= 0.6 is 0 Å². The second-order valence-corrected chi connectivity index (χ2v) is 6.45. The van der Waals surface area contributed by atoms with Gasteiger partial charge in [-0.25, -0.2) is 4.98 Å². The molecule has 3 aromatic rings. The van der Waals surface area contributed by atoms with E-state index in [1.54, 1.807) is 0 Å². The van der Waals surface area contributed by atoms with Gasteiger partial charge < -0.3 is 14.6 Å². The molecule has 1 aliphatic heterocycles. The predicted molar refractivity (Wildman–Crippen MR) is 95.0 cm³/mol. The highest BCUT2D eigenvalue weighted by atomic mass is 16.5. The van der Waals surface area contributed by atoms with Crippen molar-refractivity contribution in [2.75, 3.05) is 18.5 Å². The Morgan fingerprint density at radius 3 is 3.04 bits per heavy atom. The summed E-state index contributed by atoms with van der Waals surface area (Å²) in [5.41, 5.74) is 3.20. The molecule has 1 saturated heterocycles. The molecule has 1 aromatic carbocycles. The van der Waals surface area contributed by atoms with Crippen molar-refractivity contribution in [3.8, 4) is 0 Å². The highest BCUT2D eigenvalue weighted by Gasteiger charge is 2.32. The zero-order chi connectivity index (χ0) is 16.5.